The van der Waals surface area contributed by atoms with Gasteiger partial charge in [0.2, 0.25) is 11.1 Å². The van der Waals surface area contributed by atoms with Crippen molar-refractivity contribution in [2.75, 3.05) is 17.2 Å². The molecular weight excluding hydrogens is 721 g/mol. The van der Waals surface area contributed by atoms with Gasteiger partial charge in [-0.1, -0.05) is 93.4 Å². The Bertz CT molecular complexity index is 1950. The van der Waals surface area contributed by atoms with Crippen molar-refractivity contribution in [1.29, 1.82) is 0 Å². The van der Waals surface area contributed by atoms with Crippen LogP contribution in [0.15, 0.2) is 112 Å². The van der Waals surface area contributed by atoms with Crippen LogP contribution in [0.5, 0.6) is 11.5 Å². The number of rotatable bonds is 11. The van der Waals surface area contributed by atoms with Crippen molar-refractivity contribution in [2.24, 2.45) is 0 Å². The van der Waals surface area contributed by atoms with Crippen LogP contribution in [0, 0.1) is 0 Å². The number of carbonyl (C=O) groups is 1. The third-order valence-corrected chi connectivity index (χ3v) is 9.40. The van der Waals surface area contributed by atoms with Crippen molar-refractivity contribution < 1.29 is 14.3 Å². The molecule has 240 valence electrons. The summed E-state index contributed by atoms with van der Waals surface area (Å²) in [7, 11) is 0. The van der Waals surface area contributed by atoms with Crippen LogP contribution < -0.4 is 20.1 Å². The summed E-state index contributed by atoms with van der Waals surface area (Å²) in [6.45, 7) is 4.52. The van der Waals surface area contributed by atoms with Gasteiger partial charge in [0, 0.05) is 31.5 Å². The van der Waals surface area contributed by atoms with Crippen molar-refractivity contribution in [2.45, 2.75) is 37.4 Å². The van der Waals surface area contributed by atoms with Crippen LogP contribution in [-0.4, -0.2) is 27.3 Å². The van der Waals surface area contributed by atoms with E-state index in [-0.39, 0.29) is 5.91 Å². The Labute approximate surface area is 295 Å². The minimum atomic E-state index is -0.689. The van der Waals surface area contributed by atoms with Gasteiger partial charge in [0.05, 0.1) is 17.9 Å². The molecule has 4 aromatic carbocycles. The number of ether oxygens (including phenoxy) is 2. The molecule has 0 fully saturated rings. The lowest BCUT2D eigenvalue weighted by Crippen LogP contribution is -2.32. The van der Waals surface area contributed by atoms with Crippen molar-refractivity contribution in [3.8, 4) is 11.5 Å². The summed E-state index contributed by atoms with van der Waals surface area (Å²) >= 11 is 17.6. The van der Waals surface area contributed by atoms with Crippen molar-refractivity contribution in [3.63, 3.8) is 0 Å². The number of carbonyl (C=O) groups excluding carboxylic acids is 1. The first-order chi connectivity index (χ1) is 22.8. The van der Waals surface area contributed by atoms with E-state index in [1.165, 1.54) is 11.8 Å². The number of hydrogen-bond donors (Lipinski definition) is 2. The molecule has 0 bridgehead atoms. The Morgan fingerprint density at radius 1 is 1.00 bits per heavy atom. The molecular formula is C35H30BrCl2N5O3S. The van der Waals surface area contributed by atoms with Crippen molar-refractivity contribution >= 4 is 68.4 Å². The largest absolute Gasteiger partial charge is 0.492 e. The van der Waals surface area contributed by atoms with E-state index < -0.39 is 6.04 Å². The maximum atomic E-state index is 14.3. The average Bonchev–Trinajstić information content (AvgIpc) is 3.47. The number of hydrogen-bond acceptors (Lipinski definition) is 7. The SMILES string of the molecule is CCOc1ccccc1NC(=O)C1=C(C)Nc2nc(SCc3ccccc3Cl)nn2C1c1cc(Br)ccc1OCc1ccc(Cl)cc1. The lowest BCUT2D eigenvalue weighted by molar-refractivity contribution is -0.113. The highest BCUT2D eigenvalue weighted by Gasteiger charge is 2.36. The zero-order valence-electron chi connectivity index (χ0n) is 25.5. The van der Waals surface area contributed by atoms with E-state index >= 15 is 0 Å². The number of nitrogens with one attached hydrogen (secondary N) is 2. The second-order valence-corrected chi connectivity index (χ2v) is 13.3. The molecule has 1 unspecified atom stereocenters. The van der Waals surface area contributed by atoms with E-state index in [1.54, 1.807) is 4.68 Å². The minimum absolute atomic E-state index is 0.298. The van der Waals surface area contributed by atoms with Gasteiger partial charge >= 0.3 is 0 Å². The van der Waals surface area contributed by atoms with E-state index in [2.05, 4.69) is 26.6 Å². The van der Waals surface area contributed by atoms with Crippen LogP contribution in [0.3, 0.4) is 0 Å². The summed E-state index contributed by atoms with van der Waals surface area (Å²) in [5.41, 5.74) is 4.30. The standard InChI is InChI=1S/C35H30BrCl2N5O3S/c1-3-45-30-11-7-6-10-28(30)40-33(44)31-21(2)39-34-41-35(47-20-23-8-4-5-9-27(23)38)42-43(34)32(31)26-18-24(36)14-17-29(26)46-19-22-12-15-25(37)16-13-22/h4-18,32H,3,19-20H2,1-2H3,(H,40,44)(H,39,41,42). The van der Waals surface area contributed by atoms with Crippen LogP contribution >= 0.6 is 50.9 Å². The van der Waals surface area contributed by atoms with Gasteiger partial charge in [0.15, 0.2) is 0 Å². The predicted octanol–water partition coefficient (Wildman–Crippen LogP) is 9.54. The van der Waals surface area contributed by atoms with Crippen LogP contribution in [0.4, 0.5) is 11.6 Å². The molecule has 0 radical (unpaired) electrons. The van der Waals surface area contributed by atoms with Gasteiger partial charge < -0.3 is 20.1 Å². The van der Waals surface area contributed by atoms with Gasteiger partial charge in [0.25, 0.3) is 5.91 Å². The fraction of sp³-hybridized carbons (Fsp3) is 0.171. The first kappa shape index (κ1) is 33.0. The number of aromatic nitrogens is 3. The summed E-state index contributed by atoms with van der Waals surface area (Å²) in [5, 5.41) is 13.2. The number of allylic oxidation sites excluding steroid dienone is 1. The lowest BCUT2D eigenvalue weighted by Gasteiger charge is -2.30. The molecule has 47 heavy (non-hydrogen) atoms. The first-order valence-corrected chi connectivity index (χ1v) is 17.3. The molecule has 1 amide bonds. The predicted molar refractivity (Wildman–Crippen MR) is 192 cm³/mol. The van der Waals surface area contributed by atoms with Crippen LogP contribution in [-0.2, 0) is 17.2 Å². The zero-order chi connectivity index (χ0) is 32.9. The molecule has 5 aromatic rings. The molecule has 1 atom stereocenters. The zero-order valence-corrected chi connectivity index (χ0v) is 29.4. The second-order valence-electron chi connectivity index (χ2n) is 10.6. The quantitative estimate of drug-likeness (QED) is 0.130. The van der Waals surface area contributed by atoms with E-state index in [4.69, 9.17) is 42.8 Å². The van der Waals surface area contributed by atoms with Crippen molar-refractivity contribution in [1.82, 2.24) is 14.8 Å². The second kappa shape index (κ2) is 14.9. The van der Waals surface area contributed by atoms with E-state index in [0.29, 0.717) is 68.6 Å². The summed E-state index contributed by atoms with van der Waals surface area (Å²) in [6, 6.07) is 27.6. The molecule has 2 N–H and O–H groups in total. The number of nitrogens with zero attached hydrogens (tertiary/aromatic N) is 3. The molecule has 1 aromatic heterocycles. The topological polar surface area (TPSA) is 90.3 Å². The molecule has 0 aliphatic carbocycles. The summed E-state index contributed by atoms with van der Waals surface area (Å²) in [4.78, 5) is 19.1. The van der Waals surface area contributed by atoms with E-state index in [0.717, 1.165) is 21.2 Å². The summed E-state index contributed by atoms with van der Waals surface area (Å²) in [6.07, 6.45) is 0. The van der Waals surface area contributed by atoms with Gasteiger partial charge in [-0.25, -0.2) is 4.68 Å². The molecule has 1 aliphatic heterocycles. The summed E-state index contributed by atoms with van der Waals surface area (Å²) < 4.78 is 14.8. The number of anilines is 2. The Morgan fingerprint density at radius 2 is 1.77 bits per heavy atom. The fourth-order valence-corrected chi connectivity index (χ4v) is 6.80. The van der Waals surface area contributed by atoms with Crippen LogP contribution in [0.25, 0.3) is 0 Å². The molecule has 12 heteroatoms. The highest BCUT2D eigenvalue weighted by Crippen LogP contribution is 2.42. The smallest absolute Gasteiger partial charge is 0.255 e. The third-order valence-electron chi connectivity index (χ3n) is 7.40. The molecule has 0 saturated heterocycles. The van der Waals surface area contributed by atoms with Gasteiger partial charge in [0.1, 0.15) is 24.1 Å². The normalized spacial score (nSPS) is 13.9. The van der Waals surface area contributed by atoms with Gasteiger partial charge in [-0.2, -0.15) is 4.98 Å². The van der Waals surface area contributed by atoms with Crippen LogP contribution in [0.2, 0.25) is 10.0 Å². The Balaban J connectivity index is 1.40. The average molecular weight is 752 g/mol. The highest BCUT2D eigenvalue weighted by atomic mass is 79.9. The molecule has 0 saturated carbocycles. The Morgan fingerprint density at radius 3 is 2.55 bits per heavy atom. The Hall–Kier alpha value is -3.96. The number of benzene rings is 4. The fourth-order valence-electron chi connectivity index (χ4n) is 5.18. The van der Waals surface area contributed by atoms with Gasteiger partial charge in [-0.3, -0.25) is 4.79 Å². The maximum Gasteiger partial charge on any atom is 0.255 e. The molecule has 1 aliphatic rings. The first-order valence-electron chi connectivity index (χ1n) is 14.8. The molecule has 0 spiro atoms. The number of halogens is 3. The molecule has 2 heterocycles. The number of amides is 1. The van der Waals surface area contributed by atoms with Crippen LogP contribution in [0.1, 0.15) is 36.6 Å². The lowest BCUT2D eigenvalue weighted by atomic mass is 9.94. The van der Waals surface area contributed by atoms with E-state index in [9.17, 15) is 4.79 Å². The number of thioether (sulfide) groups is 1. The summed E-state index contributed by atoms with van der Waals surface area (Å²) in [5.74, 6) is 1.94. The third kappa shape index (κ3) is 7.62. The van der Waals surface area contributed by atoms with Gasteiger partial charge in [-0.15, -0.1) is 5.10 Å². The number of para-hydroxylation sites is 2. The maximum absolute atomic E-state index is 14.3. The molecule has 6 rings (SSSR count). The Kier molecular flexibility index (Phi) is 10.4. The van der Waals surface area contributed by atoms with E-state index in [1.807, 2.05) is 105 Å². The monoisotopic (exact) mass is 749 g/mol. The van der Waals surface area contributed by atoms with Crippen molar-refractivity contribution in [3.05, 3.63) is 133 Å². The highest BCUT2D eigenvalue weighted by molar-refractivity contribution is 9.10. The minimum Gasteiger partial charge on any atom is -0.492 e. The number of fused-ring (bicyclic) bond motifs is 1. The van der Waals surface area contributed by atoms with Gasteiger partial charge in [-0.05, 0) is 73.5 Å². The molecule has 8 nitrogen and oxygen atoms in total.